The lowest BCUT2D eigenvalue weighted by Gasteiger charge is -2.11. The number of allylic oxidation sites excluding steroid dienone is 1. The number of nitrogen functional groups attached to an aromatic ring is 1. The van der Waals surface area contributed by atoms with Gasteiger partial charge in [-0.1, -0.05) is 18.2 Å². The summed E-state index contributed by atoms with van der Waals surface area (Å²) in [6.07, 6.45) is -3.58. The Morgan fingerprint density at radius 2 is 1.97 bits per heavy atom. The number of alkyl halides is 3. The van der Waals surface area contributed by atoms with Gasteiger partial charge >= 0.3 is 6.18 Å². The van der Waals surface area contributed by atoms with Crippen LogP contribution in [0.2, 0.25) is 0 Å². The minimum atomic E-state index is -4.42. The number of nitrogens with zero attached hydrogens (tertiary/aromatic N) is 1. The number of benzene rings is 2. The van der Waals surface area contributed by atoms with Gasteiger partial charge in [0.05, 0.1) is 25.8 Å². The second-order valence-corrected chi connectivity index (χ2v) is 7.28. The SMILES string of the molecule is COc1ccc(-c2nc(C(=O)NCc3ccc(F)cc3F)c(CN)o2)c(/C=C\CC(F)(F)F)c1N. The van der Waals surface area contributed by atoms with Crippen LogP contribution in [0.5, 0.6) is 5.75 Å². The number of hydrogen-bond donors (Lipinski definition) is 3. The molecule has 1 amide bonds. The Labute approximate surface area is 196 Å². The maximum atomic E-state index is 13.8. The first kappa shape index (κ1) is 25.7. The lowest BCUT2D eigenvalue weighted by Crippen LogP contribution is -2.25. The smallest absolute Gasteiger partial charge is 0.392 e. The molecule has 1 aromatic heterocycles. The highest BCUT2D eigenvalue weighted by atomic mass is 19.4. The van der Waals surface area contributed by atoms with E-state index in [1.165, 1.54) is 25.3 Å². The molecule has 2 aromatic carbocycles. The molecular weight excluding hydrogens is 475 g/mol. The number of methoxy groups -OCH3 is 1. The van der Waals surface area contributed by atoms with E-state index in [2.05, 4.69) is 10.3 Å². The van der Waals surface area contributed by atoms with Crippen molar-refractivity contribution in [1.82, 2.24) is 10.3 Å². The zero-order valence-corrected chi connectivity index (χ0v) is 18.4. The number of hydrogen-bond acceptors (Lipinski definition) is 6. The molecule has 35 heavy (non-hydrogen) atoms. The predicted molar refractivity (Wildman–Crippen MR) is 118 cm³/mol. The predicted octanol–water partition coefficient (Wildman–Crippen LogP) is 4.56. The van der Waals surface area contributed by atoms with Crippen LogP contribution < -0.4 is 21.5 Å². The fourth-order valence-corrected chi connectivity index (χ4v) is 3.18. The van der Waals surface area contributed by atoms with Crippen molar-refractivity contribution in [2.45, 2.75) is 25.7 Å². The Kier molecular flexibility index (Phi) is 7.75. The van der Waals surface area contributed by atoms with Crippen molar-refractivity contribution in [3.8, 4) is 17.2 Å². The van der Waals surface area contributed by atoms with Crippen LogP contribution in [0.1, 0.15) is 33.8 Å². The normalized spacial score (nSPS) is 11.7. The van der Waals surface area contributed by atoms with E-state index in [1.807, 2.05) is 0 Å². The van der Waals surface area contributed by atoms with Crippen LogP contribution in [0.3, 0.4) is 0 Å². The van der Waals surface area contributed by atoms with Gasteiger partial charge in [-0.3, -0.25) is 4.79 Å². The molecule has 5 N–H and O–H groups in total. The van der Waals surface area contributed by atoms with E-state index in [1.54, 1.807) is 0 Å². The van der Waals surface area contributed by atoms with Crippen molar-refractivity contribution in [2.75, 3.05) is 12.8 Å². The molecule has 0 aliphatic rings. The van der Waals surface area contributed by atoms with E-state index in [4.69, 9.17) is 20.6 Å². The van der Waals surface area contributed by atoms with E-state index < -0.39 is 30.1 Å². The number of aromatic nitrogens is 1. The van der Waals surface area contributed by atoms with Gasteiger partial charge in [-0.15, -0.1) is 0 Å². The maximum absolute atomic E-state index is 13.8. The van der Waals surface area contributed by atoms with Crippen molar-refractivity contribution in [2.24, 2.45) is 5.73 Å². The van der Waals surface area contributed by atoms with Crippen molar-refractivity contribution < 1.29 is 35.9 Å². The van der Waals surface area contributed by atoms with Gasteiger partial charge in [0.15, 0.2) is 11.5 Å². The molecule has 0 spiro atoms. The lowest BCUT2D eigenvalue weighted by molar-refractivity contribution is -0.124. The third-order valence-electron chi connectivity index (χ3n) is 4.88. The van der Waals surface area contributed by atoms with E-state index >= 15 is 0 Å². The monoisotopic (exact) mass is 496 g/mol. The van der Waals surface area contributed by atoms with E-state index in [0.29, 0.717) is 6.07 Å². The van der Waals surface area contributed by atoms with Crippen LogP contribution in [-0.4, -0.2) is 24.2 Å². The van der Waals surface area contributed by atoms with Gasteiger partial charge in [0.25, 0.3) is 5.91 Å². The highest BCUT2D eigenvalue weighted by Gasteiger charge is 2.26. The summed E-state index contributed by atoms with van der Waals surface area (Å²) in [5.41, 5.74) is 11.9. The molecule has 0 unspecified atom stereocenters. The quantitative estimate of drug-likeness (QED) is 0.311. The van der Waals surface area contributed by atoms with Gasteiger partial charge in [0, 0.05) is 29.3 Å². The minimum absolute atomic E-state index is 0.0170. The third kappa shape index (κ3) is 6.15. The zero-order valence-electron chi connectivity index (χ0n) is 18.4. The molecule has 12 heteroatoms. The number of rotatable bonds is 8. The highest BCUT2D eigenvalue weighted by Crippen LogP contribution is 2.36. The molecular formula is C23H21F5N4O3. The van der Waals surface area contributed by atoms with Gasteiger partial charge in [0.2, 0.25) is 5.89 Å². The first-order valence-electron chi connectivity index (χ1n) is 10.2. The molecule has 0 aliphatic carbocycles. The van der Waals surface area contributed by atoms with Gasteiger partial charge in [0.1, 0.15) is 17.4 Å². The van der Waals surface area contributed by atoms with Gasteiger partial charge in [-0.25, -0.2) is 13.8 Å². The van der Waals surface area contributed by atoms with Gasteiger partial charge in [-0.05, 0) is 18.2 Å². The summed E-state index contributed by atoms with van der Waals surface area (Å²) in [7, 11) is 1.35. The number of oxazole rings is 1. The molecule has 0 radical (unpaired) electrons. The average molecular weight is 496 g/mol. The van der Waals surface area contributed by atoms with Crippen LogP contribution in [0.25, 0.3) is 17.5 Å². The summed E-state index contributed by atoms with van der Waals surface area (Å²) in [6.45, 7) is -0.496. The van der Waals surface area contributed by atoms with Crippen LogP contribution in [0.15, 0.2) is 40.8 Å². The first-order chi connectivity index (χ1) is 16.5. The molecule has 0 aliphatic heterocycles. The molecule has 3 aromatic rings. The summed E-state index contributed by atoms with van der Waals surface area (Å²) in [4.78, 5) is 16.8. The Balaban J connectivity index is 1.94. The van der Waals surface area contributed by atoms with Crippen molar-refractivity contribution in [1.29, 1.82) is 0 Å². The average Bonchev–Trinajstić information content (AvgIpc) is 3.23. The summed E-state index contributed by atoms with van der Waals surface area (Å²) >= 11 is 0. The molecule has 186 valence electrons. The Hall–Kier alpha value is -3.93. The molecule has 0 fully saturated rings. The van der Waals surface area contributed by atoms with Crippen molar-refractivity contribution in [3.05, 3.63) is 70.6 Å². The van der Waals surface area contributed by atoms with Gasteiger partial charge in [-0.2, -0.15) is 13.2 Å². The van der Waals surface area contributed by atoms with E-state index in [0.717, 1.165) is 18.2 Å². The molecule has 1 heterocycles. The summed E-state index contributed by atoms with van der Waals surface area (Å²) < 4.78 is 75.5. The topological polar surface area (TPSA) is 116 Å². The second-order valence-electron chi connectivity index (χ2n) is 7.28. The molecule has 0 atom stereocenters. The first-order valence-corrected chi connectivity index (χ1v) is 10.2. The molecule has 3 rings (SSSR count). The largest absolute Gasteiger partial charge is 0.495 e. The number of nitrogens with one attached hydrogen (secondary N) is 1. The number of halogens is 5. The lowest BCUT2D eigenvalue weighted by atomic mass is 10.0. The fraction of sp³-hybridized carbons (Fsp3) is 0.217. The number of carbonyl (C=O) groups is 1. The number of anilines is 1. The number of ether oxygens (including phenoxy) is 1. The van der Waals surface area contributed by atoms with E-state index in [-0.39, 0.29) is 58.6 Å². The fourth-order valence-electron chi connectivity index (χ4n) is 3.18. The minimum Gasteiger partial charge on any atom is -0.495 e. The zero-order chi connectivity index (χ0) is 25.8. The van der Waals surface area contributed by atoms with Crippen molar-refractivity contribution in [3.63, 3.8) is 0 Å². The van der Waals surface area contributed by atoms with Crippen LogP contribution >= 0.6 is 0 Å². The van der Waals surface area contributed by atoms with Crippen LogP contribution in [0.4, 0.5) is 27.6 Å². The van der Waals surface area contributed by atoms with Crippen LogP contribution in [-0.2, 0) is 13.1 Å². The summed E-state index contributed by atoms with van der Waals surface area (Å²) in [6, 6.07) is 5.84. The van der Waals surface area contributed by atoms with Crippen molar-refractivity contribution >= 4 is 17.7 Å². The molecule has 0 bridgehead atoms. The standard InChI is InChI=1S/C23H21F5N4O3/c1-34-17-7-6-15(14(19(17)30)3-2-8-23(26,27)28)22-32-20(18(10-29)35-22)21(33)31-11-12-4-5-13(24)9-16(12)25/h2-7,9H,8,10-11,29-30H2,1H3,(H,31,33)/b3-2-. The third-order valence-corrected chi connectivity index (χ3v) is 4.88. The van der Waals surface area contributed by atoms with Gasteiger partial charge < -0.3 is 25.9 Å². The maximum Gasteiger partial charge on any atom is 0.392 e. The summed E-state index contributed by atoms with van der Waals surface area (Å²) in [5.74, 6) is -2.27. The Morgan fingerprint density at radius 3 is 2.60 bits per heavy atom. The van der Waals surface area contributed by atoms with E-state index in [9.17, 15) is 26.7 Å². The Morgan fingerprint density at radius 1 is 1.23 bits per heavy atom. The number of nitrogens with two attached hydrogens (primary N) is 2. The number of carbonyl (C=O) groups excluding carboxylic acids is 1. The summed E-state index contributed by atoms with van der Waals surface area (Å²) in [5, 5.41) is 2.45. The number of amides is 1. The Bertz CT molecular complexity index is 1250. The molecule has 0 saturated heterocycles. The van der Waals surface area contributed by atoms with Crippen LogP contribution in [0, 0.1) is 11.6 Å². The highest BCUT2D eigenvalue weighted by molar-refractivity contribution is 5.94. The molecule has 7 nitrogen and oxygen atoms in total. The molecule has 0 saturated carbocycles. The second kappa shape index (κ2) is 10.6.